The van der Waals surface area contributed by atoms with Gasteiger partial charge >= 0.3 is 0 Å². The molecule has 34 heavy (non-hydrogen) atoms. The summed E-state index contributed by atoms with van der Waals surface area (Å²) >= 11 is 0. The first-order valence-electron chi connectivity index (χ1n) is 12.6. The zero-order chi connectivity index (χ0) is 24.7. The molecule has 8 heteroatoms. The molecule has 0 radical (unpaired) electrons. The second-order valence-electron chi connectivity index (χ2n) is 9.77. The average molecular weight is 470 g/mol. The smallest absolute Gasteiger partial charge is 0.243 e. The van der Waals surface area contributed by atoms with Gasteiger partial charge in [-0.05, 0) is 57.1 Å². The Morgan fingerprint density at radius 2 is 1.91 bits per heavy atom. The van der Waals surface area contributed by atoms with E-state index >= 15 is 0 Å². The first-order chi connectivity index (χ1) is 16.3. The van der Waals surface area contributed by atoms with E-state index in [-0.39, 0.29) is 30.2 Å². The minimum atomic E-state index is -0.918. The van der Waals surface area contributed by atoms with Gasteiger partial charge in [0.1, 0.15) is 11.9 Å². The summed E-state index contributed by atoms with van der Waals surface area (Å²) in [6.45, 7) is 8.74. The van der Waals surface area contributed by atoms with E-state index in [1.165, 1.54) is 0 Å². The van der Waals surface area contributed by atoms with Crippen LogP contribution in [0, 0.1) is 5.92 Å². The molecular weight excluding hydrogens is 430 g/mol. The molecule has 2 heterocycles. The summed E-state index contributed by atoms with van der Waals surface area (Å²) in [5, 5.41) is 5.77. The van der Waals surface area contributed by atoms with Crippen molar-refractivity contribution in [3.63, 3.8) is 0 Å². The Morgan fingerprint density at radius 1 is 1.15 bits per heavy atom. The first kappa shape index (κ1) is 25.7. The number of benzene rings is 1. The monoisotopic (exact) mass is 469 g/mol. The van der Waals surface area contributed by atoms with E-state index < -0.39 is 12.1 Å². The van der Waals surface area contributed by atoms with Crippen LogP contribution in [-0.2, 0) is 14.4 Å². The van der Waals surface area contributed by atoms with Crippen molar-refractivity contribution in [3.8, 4) is 0 Å². The molecule has 186 valence electrons. The van der Waals surface area contributed by atoms with Crippen molar-refractivity contribution >= 4 is 28.8 Å². The van der Waals surface area contributed by atoms with Crippen LogP contribution in [0.5, 0.6) is 0 Å². The molecule has 2 aromatic rings. The molecule has 1 fully saturated rings. The maximum atomic E-state index is 13.2. The molecule has 3 rings (SSSR count). The van der Waals surface area contributed by atoms with Crippen molar-refractivity contribution in [3.05, 3.63) is 30.1 Å². The van der Waals surface area contributed by atoms with Gasteiger partial charge in [0.05, 0.1) is 23.5 Å². The lowest BCUT2D eigenvalue weighted by Gasteiger charge is -2.36. The fraction of sp³-hybridized carbons (Fsp3) is 0.615. The van der Waals surface area contributed by atoms with Crippen LogP contribution in [0.15, 0.2) is 24.3 Å². The quantitative estimate of drug-likeness (QED) is 0.491. The van der Waals surface area contributed by atoms with Gasteiger partial charge in [-0.25, -0.2) is 4.98 Å². The number of hydrogen-bond acceptors (Lipinski definition) is 4. The summed E-state index contributed by atoms with van der Waals surface area (Å²) < 4.78 is 0. The van der Waals surface area contributed by atoms with Gasteiger partial charge in [0.25, 0.3) is 0 Å². The lowest BCUT2D eigenvalue weighted by Crippen LogP contribution is -2.52. The Kier molecular flexibility index (Phi) is 9.07. The van der Waals surface area contributed by atoms with Gasteiger partial charge in [0.15, 0.2) is 0 Å². The Bertz CT molecular complexity index is 953. The summed E-state index contributed by atoms with van der Waals surface area (Å²) in [4.78, 5) is 48.7. The number of aromatic nitrogens is 2. The van der Waals surface area contributed by atoms with Gasteiger partial charge in [-0.2, -0.15) is 0 Å². The topological polar surface area (TPSA) is 107 Å². The average Bonchev–Trinajstić information content (AvgIpc) is 3.26. The predicted molar refractivity (Wildman–Crippen MR) is 133 cm³/mol. The van der Waals surface area contributed by atoms with Crippen molar-refractivity contribution in [2.75, 3.05) is 6.54 Å². The van der Waals surface area contributed by atoms with E-state index in [0.717, 1.165) is 43.1 Å². The lowest BCUT2D eigenvalue weighted by molar-refractivity contribution is -0.139. The maximum Gasteiger partial charge on any atom is 0.243 e. The molecule has 8 nitrogen and oxygen atoms in total. The second kappa shape index (κ2) is 12.0. The third kappa shape index (κ3) is 6.81. The molecule has 0 spiro atoms. The molecule has 0 bridgehead atoms. The van der Waals surface area contributed by atoms with Crippen molar-refractivity contribution in [2.24, 2.45) is 5.92 Å². The van der Waals surface area contributed by atoms with E-state index in [9.17, 15) is 14.4 Å². The number of rotatable bonds is 10. The Hall–Kier alpha value is -2.90. The van der Waals surface area contributed by atoms with Crippen LogP contribution in [-0.4, -0.2) is 51.2 Å². The number of aromatic amines is 1. The highest BCUT2D eigenvalue weighted by Gasteiger charge is 2.31. The van der Waals surface area contributed by atoms with Crippen molar-refractivity contribution in [1.82, 2.24) is 25.5 Å². The molecule has 1 aromatic heterocycles. The Balaban J connectivity index is 1.70. The van der Waals surface area contributed by atoms with Crippen LogP contribution in [0.2, 0.25) is 0 Å². The van der Waals surface area contributed by atoms with E-state index in [0.29, 0.717) is 24.7 Å². The molecule has 1 aliphatic rings. The van der Waals surface area contributed by atoms with E-state index in [2.05, 4.69) is 41.4 Å². The van der Waals surface area contributed by atoms with Crippen LogP contribution >= 0.6 is 0 Å². The number of nitrogens with zero attached hydrogens (tertiary/aromatic N) is 2. The zero-order valence-corrected chi connectivity index (χ0v) is 20.9. The van der Waals surface area contributed by atoms with Crippen LogP contribution < -0.4 is 10.6 Å². The number of amides is 3. The number of H-pyrrole nitrogens is 1. The maximum absolute atomic E-state index is 13.2. The lowest BCUT2D eigenvalue weighted by atomic mass is 9.98. The van der Waals surface area contributed by atoms with E-state index in [1.54, 1.807) is 0 Å². The fourth-order valence-electron chi connectivity index (χ4n) is 4.50. The summed E-state index contributed by atoms with van der Waals surface area (Å²) in [5.74, 6) is 0.361. The van der Waals surface area contributed by atoms with Crippen LogP contribution in [0.4, 0.5) is 0 Å². The molecule has 0 saturated carbocycles. The number of fused-ring (bicyclic) bond motifs is 1. The van der Waals surface area contributed by atoms with Crippen LogP contribution in [0.3, 0.4) is 0 Å². The van der Waals surface area contributed by atoms with Crippen molar-refractivity contribution in [1.29, 1.82) is 0 Å². The van der Waals surface area contributed by atoms with Gasteiger partial charge in [0.2, 0.25) is 17.7 Å². The highest BCUT2D eigenvalue weighted by atomic mass is 16.2. The number of likely N-dealkylation sites (tertiary alicyclic amines) is 1. The minimum Gasteiger partial charge on any atom is -0.345 e. The summed E-state index contributed by atoms with van der Waals surface area (Å²) in [6, 6.07) is 6.56. The number of imidazole rings is 1. The summed E-state index contributed by atoms with van der Waals surface area (Å²) in [6.07, 6.45) is 5.00. The number of nitrogens with one attached hydrogen (secondary N) is 3. The van der Waals surface area contributed by atoms with Gasteiger partial charge in [0, 0.05) is 19.0 Å². The molecule has 3 amide bonds. The van der Waals surface area contributed by atoms with Gasteiger partial charge < -0.3 is 20.5 Å². The molecular formula is C26H39N5O3. The minimum absolute atomic E-state index is 0.0391. The standard InChI is InChI=1S/C26H39N5O3/c1-5-19-10-8-9-15-31(19)24(33)16-22(28-23(32)14-13-17(2)3)26(34)27-18(4)25-29-20-11-6-7-12-21(20)30-25/h6-7,11-12,17-19,22H,5,8-10,13-16H2,1-4H3,(H,27,34)(H,28,32)(H,29,30)/t18?,19-,22?/m0/s1. The summed E-state index contributed by atoms with van der Waals surface area (Å²) in [7, 11) is 0. The fourth-order valence-corrected chi connectivity index (χ4v) is 4.50. The van der Waals surface area contributed by atoms with Crippen LogP contribution in [0.1, 0.15) is 84.5 Å². The molecule has 1 aromatic carbocycles. The highest BCUT2D eigenvalue weighted by molar-refractivity contribution is 5.92. The first-order valence-corrected chi connectivity index (χ1v) is 12.6. The van der Waals surface area contributed by atoms with Crippen molar-refractivity contribution in [2.45, 2.75) is 90.8 Å². The molecule has 3 N–H and O–H groups in total. The zero-order valence-electron chi connectivity index (χ0n) is 20.9. The molecule has 1 saturated heterocycles. The number of piperidine rings is 1. The van der Waals surface area contributed by atoms with Gasteiger partial charge in [-0.15, -0.1) is 0 Å². The molecule has 2 unspecified atom stereocenters. The van der Waals surface area contributed by atoms with Gasteiger partial charge in [-0.3, -0.25) is 14.4 Å². The number of hydrogen-bond donors (Lipinski definition) is 3. The second-order valence-corrected chi connectivity index (χ2v) is 9.77. The normalized spacial score (nSPS) is 18.0. The number of para-hydroxylation sites is 2. The molecule has 3 atom stereocenters. The molecule has 1 aliphatic heterocycles. The van der Waals surface area contributed by atoms with E-state index in [1.807, 2.05) is 36.1 Å². The van der Waals surface area contributed by atoms with Gasteiger partial charge in [-0.1, -0.05) is 32.9 Å². The summed E-state index contributed by atoms with van der Waals surface area (Å²) in [5.41, 5.74) is 1.71. The Morgan fingerprint density at radius 3 is 2.62 bits per heavy atom. The third-order valence-electron chi connectivity index (χ3n) is 6.57. The van der Waals surface area contributed by atoms with E-state index in [4.69, 9.17) is 0 Å². The molecule has 0 aliphatic carbocycles. The number of carbonyl (C=O) groups is 3. The third-order valence-corrected chi connectivity index (χ3v) is 6.57. The van der Waals surface area contributed by atoms with Crippen molar-refractivity contribution < 1.29 is 14.4 Å². The highest BCUT2D eigenvalue weighted by Crippen LogP contribution is 2.21. The largest absolute Gasteiger partial charge is 0.345 e. The Labute approximate surface area is 202 Å². The SMILES string of the molecule is CC[C@H]1CCCCN1C(=O)CC(NC(=O)CCC(C)C)C(=O)NC(C)c1nc2ccccc2[nH]1. The number of carbonyl (C=O) groups excluding carboxylic acids is 3. The van der Waals surface area contributed by atoms with Crippen LogP contribution in [0.25, 0.3) is 11.0 Å². The predicted octanol–water partition coefficient (Wildman–Crippen LogP) is 3.84.